The smallest absolute Gasteiger partial charge is 0.0686 e. The van der Waals surface area contributed by atoms with Crippen LogP contribution in [0.25, 0.3) is 0 Å². The van der Waals surface area contributed by atoms with Crippen LogP contribution in [0.1, 0.15) is 18.5 Å². The fraction of sp³-hybridized carbons (Fsp3) is 0.615. The summed E-state index contributed by atoms with van der Waals surface area (Å²) in [6.07, 6.45) is 4.50. The van der Waals surface area contributed by atoms with E-state index in [4.69, 9.17) is 0 Å². The summed E-state index contributed by atoms with van der Waals surface area (Å²) in [5.74, 6) is 0.776. The zero-order chi connectivity index (χ0) is 13.0. The first-order valence-corrected chi connectivity index (χ1v) is 7.94. The van der Waals surface area contributed by atoms with E-state index in [0.717, 1.165) is 33.6 Å². The minimum Gasteiger partial charge on any atom is -0.319 e. The summed E-state index contributed by atoms with van der Waals surface area (Å²) in [7, 11) is 2.03. The van der Waals surface area contributed by atoms with Crippen LogP contribution in [-0.2, 0) is 6.54 Å². The maximum Gasteiger partial charge on any atom is 0.0686 e. The van der Waals surface area contributed by atoms with Crippen LogP contribution in [0.15, 0.2) is 21.2 Å². The number of hydrogen-bond acceptors (Lipinski definition) is 3. The van der Waals surface area contributed by atoms with E-state index in [2.05, 4.69) is 53.1 Å². The molecule has 2 rings (SSSR count). The molecule has 5 heteroatoms. The Morgan fingerprint density at radius 1 is 1.50 bits per heavy atom. The van der Waals surface area contributed by atoms with E-state index in [0.29, 0.717) is 0 Å². The summed E-state index contributed by atoms with van der Waals surface area (Å²) in [5, 5.41) is 3.28. The molecule has 0 saturated carbocycles. The number of nitrogens with zero attached hydrogens (tertiary/aromatic N) is 2. The zero-order valence-electron chi connectivity index (χ0n) is 10.6. The minimum atomic E-state index is 0.776. The number of aromatic nitrogens is 1. The van der Waals surface area contributed by atoms with Gasteiger partial charge in [0, 0.05) is 28.2 Å². The number of halogens is 2. The Kier molecular flexibility index (Phi) is 5.60. The van der Waals surface area contributed by atoms with Crippen LogP contribution >= 0.6 is 31.9 Å². The highest BCUT2D eigenvalue weighted by Gasteiger charge is 2.20. The molecule has 1 N–H and O–H groups in total. The zero-order valence-corrected chi connectivity index (χ0v) is 13.8. The summed E-state index contributed by atoms with van der Waals surface area (Å²) in [5.41, 5.74) is 1.13. The normalized spacial score (nSPS) is 21.2. The Bertz CT molecular complexity index is 396. The van der Waals surface area contributed by atoms with E-state index in [-0.39, 0.29) is 0 Å². The third-order valence-electron chi connectivity index (χ3n) is 3.35. The standard InChI is InChI=1S/C13H19Br2N3/c1-16-6-10-3-2-4-18(8-10)9-13-12(15)5-11(14)7-17-13/h5,7,10,16H,2-4,6,8-9H2,1H3. The molecule has 1 aromatic heterocycles. The van der Waals surface area contributed by atoms with Gasteiger partial charge in [0.25, 0.3) is 0 Å². The lowest BCUT2D eigenvalue weighted by Crippen LogP contribution is -2.38. The van der Waals surface area contributed by atoms with Gasteiger partial charge in [0.05, 0.1) is 5.69 Å². The van der Waals surface area contributed by atoms with Crippen molar-refractivity contribution in [3.63, 3.8) is 0 Å². The molecule has 100 valence electrons. The van der Waals surface area contributed by atoms with Crippen LogP contribution in [0.4, 0.5) is 0 Å². The molecule has 0 bridgehead atoms. The first kappa shape index (κ1) is 14.4. The average Bonchev–Trinajstić information content (AvgIpc) is 2.34. The summed E-state index contributed by atoms with van der Waals surface area (Å²) in [6.45, 7) is 4.41. The Morgan fingerprint density at radius 3 is 3.06 bits per heavy atom. The summed E-state index contributed by atoms with van der Waals surface area (Å²) < 4.78 is 2.11. The molecule has 0 amide bonds. The van der Waals surface area contributed by atoms with Crippen molar-refractivity contribution >= 4 is 31.9 Å². The Morgan fingerprint density at radius 2 is 2.33 bits per heavy atom. The molecule has 18 heavy (non-hydrogen) atoms. The van der Waals surface area contributed by atoms with Gasteiger partial charge >= 0.3 is 0 Å². The van der Waals surface area contributed by atoms with Crippen molar-refractivity contribution in [2.24, 2.45) is 5.92 Å². The lowest BCUT2D eigenvalue weighted by atomic mass is 9.98. The molecule has 1 atom stereocenters. The largest absolute Gasteiger partial charge is 0.319 e. The van der Waals surface area contributed by atoms with E-state index >= 15 is 0 Å². The van der Waals surface area contributed by atoms with Crippen molar-refractivity contribution < 1.29 is 0 Å². The van der Waals surface area contributed by atoms with Gasteiger partial charge in [-0.05, 0) is 76.8 Å². The molecule has 0 aromatic carbocycles. The van der Waals surface area contributed by atoms with E-state index in [1.807, 2.05) is 13.2 Å². The van der Waals surface area contributed by atoms with E-state index in [1.54, 1.807) is 0 Å². The Balaban J connectivity index is 1.96. The first-order valence-electron chi connectivity index (χ1n) is 6.36. The molecular formula is C13H19Br2N3. The van der Waals surface area contributed by atoms with Gasteiger partial charge in [-0.25, -0.2) is 0 Å². The molecule has 1 aliphatic heterocycles. The van der Waals surface area contributed by atoms with Gasteiger partial charge in [-0.15, -0.1) is 0 Å². The third kappa shape index (κ3) is 4.02. The van der Waals surface area contributed by atoms with Crippen molar-refractivity contribution in [1.29, 1.82) is 0 Å². The van der Waals surface area contributed by atoms with Crippen molar-refractivity contribution in [3.8, 4) is 0 Å². The number of piperidine rings is 1. The molecule has 0 spiro atoms. The molecule has 0 radical (unpaired) electrons. The van der Waals surface area contributed by atoms with Gasteiger partial charge in [-0.1, -0.05) is 0 Å². The van der Waals surface area contributed by atoms with E-state index in [9.17, 15) is 0 Å². The van der Waals surface area contributed by atoms with Crippen LogP contribution in [-0.4, -0.2) is 36.6 Å². The van der Waals surface area contributed by atoms with Crippen LogP contribution < -0.4 is 5.32 Å². The molecular weight excluding hydrogens is 358 g/mol. The summed E-state index contributed by atoms with van der Waals surface area (Å²) >= 11 is 7.03. The molecule has 1 aromatic rings. The predicted octanol–water partition coefficient (Wildman–Crippen LogP) is 3.04. The molecule has 2 heterocycles. The van der Waals surface area contributed by atoms with Gasteiger partial charge in [-0.3, -0.25) is 9.88 Å². The van der Waals surface area contributed by atoms with Gasteiger partial charge in [0.1, 0.15) is 0 Å². The second kappa shape index (κ2) is 6.98. The molecule has 1 fully saturated rings. The van der Waals surface area contributed by atoms with Crippen LogP contribution in [0.2, 0.25) is 0 Å². The monoisotopic (exact) mass is 375 g/mol. The summed E-state index contributed by atoms with van der Waals surface area (Å²) in [4.78, 5) is 7.00. The quantitative estimate of drug-likeness (QED) is 0.875. The first-order chi connectivity index (χ1) is 8.69. The van der Waals surface area contributed by atoms with Crippen molar-refractivity contribution in [1.82, 2.24) is 15.2 Å². The van der Waals surface area contributed by atoms with Crippen LogP contribution in [0, 0.1) is 5.92 Å². The van der Waals surface area contributed by atoms with Crippen molar-refractivity contribution in [3.05, 3.63) is 26.9 Å². The second-order valence-electron chi connectivity index (χ2n) is 4.88. The maximum atomic E-state index is 4.49. The maximum absolute atomic E-state index is 4.49. The van der Waals surface area contributed by atoms with Crippen LogP contribution in [0.5, 0.6) is 0 Å². The predicted molar refractivity (Wildman–Crippen MR) is 81.6 cm³/mol. The average molecular weight is 377 g/mol. The highest BCUT2D eigenvalue weighted by Crippen LogP contribution is 2.23. The number of nitrogens with one attached hydrogen (secondary N) is 1. The lowest BCUT2D eigenvalue weighted by molar-refractivity contribution is 0.165. The van der Waals surface area contributed by atoms with Gasteiger partial charge in [0.2, 0.25) is 0 Å². The van der Waals surface area contributed by atoms with Gasteiger partial charge in [0.15, 0.2) is 0 Å². The summed E-state index contributed by atoms with van der Waals surface area (Å²) in [6, 6.07) is 2.07. The lowest BCUT2D eigenvalue weighted by Gasteiger charge is -2.32. The third-order valence-corrected chi connectivity index (χ3v) is 4.47. The van der Waals surface area contributed by atoms with Crippen LogP contribution in [0.3, 0.4) is 0 Å². The Labute approximate surface area is 126 Å². The topological polar surface area (TPSA) is 28.2 Å². The molecule has 3 nitrogen and oxygen atoms in total. The molecule has 1 aliphatic rings. The van der Waals surface area contributed by atoms with Gasteiger partial charge in [-0.2, -0.15) is 0 Å². The number of likely N-dealkylation sites (tertiary alicyclic amines) is 1. The fourth-order valence-electron chi connectivity index (χ4n) is 2.52. The number of hydrogen-bond donors (Lipinski definition) is 1. The Hall–Kier alpha value is 0.0300. The fourth-order valence-corrected chi connectivity index (χ4v) is 3.63. The number of rotatable bonds is 4. The van der Waals surface area contributed by atoms with E-state index < -0.39 is 0 Å². The molecule has 1 saturated heterocycles. The SMILES string of the molecule is CNCC1CCCN(Cc2ncc(Br)cc2Br)C1. The highest BCUT2D eigenvalue weighted by atomic mass is 79.9. The van der Waals surface area contributed by atoms with Crippen molar-refractivity contribution in [2.75, 3.05) is 26.7 Å². The minimum absolute atomic E-state index is 0.776. The second-order valence-corrected chi connectivity index (χ2v) is 6.65. The van der Waals surface area contributed by atoms with E-state index in [1.165, 1.54) is 25.9 Å². The van der Waals surface area contributed by atoms with Crippen molar-refractivity contribution in [2.45, 2.75) is 19.4 Å². The highest BCUT2D eigenvalue weighted by molar-refractivity contribution is 9.11. The molecule has 0 aliphatic carbocycles. The van der Waals surface area contributed by atoms with Gasteiger partial charge < -0.3 is 5.32 Å². The number of pyridine rings is 1. The molecule has 1 unspecified atom stereocenters.